The van der Waals surface area contributed by atoms with Crippen LogP contribution in [0.25, 0.3) is 0 Å². The van der Waals surface area contributed by atoms with Gasteiger partial charge >= 0.3 is 11.9 Å². The predicted molar refractivity (Wildman–Crippen MR) is 96.8 cm³/mol. The molecule has 7 heteroatoms. The van der Waals surface area contributed by atoms with Gasteiger partial charge in [-0.25, -0.2) is 9.59 Å². The van der Waals surface area contributed by atoms with Gasteiger partial charge in [0.1, 0.15) is 6.04 Å². The number of methoxy groups -OCH3 is 1. The van der Waals surface area contributed by atoms with Crippen LogP contribution in [0.2, 0.25) is 0 Å². The molecule has 140 valence electrons. The van der Waals surface area contributed by atoms with Crippen molar-refractivity contribution in [3.8, 4) is 0 Å². The number of hydrogen-bond acceptors (Lipinski definition) is 5. The van der Waals surface area contributed by atoms with Crippen molar-refractivity contribution in [3.05, 3.63) is 70.8 Å². The first-order valence-corrected chi connectivity index (χ1v) is 8.10. The average Bonchev–Trinajstić information content (AvgIpc) is 2.70. The first kappa shape index (κ1) is 19.8. The molecule has 0 aliphatic heterocycles. The summed E-state index contributed by atoms with van der Waals surface area (Å²) in [7, 11) is 2.62. The smallest absolute Gasteiger partial charge is 0.337 e. The molecule has 0 aliphatic rings. The minimum Gasteiger partial charge on any atom is -0.480 e. The highest BCUT2D eigenvalue weighted by atomic mass is 16.5. The Morgan fingerprint density at radius 2 is 1.85 bits per heavy atom. The highest BCUT2D eigenvalue weighted by Gasteiger charge is 2.28. The Bertz CT molecular complexity index is 876. The van der Waals surface area contributed by atoms with Gasteiger partial charge in [0.2, 0.25) is 0 Å². The molecular weight excluding hydrogens is 350 g/mol. The second kappa shape index (κ2) is 8.75. The fraction of sp³-hybridized carbons (Fsp3) is 0.200. The van der Waals surface area contributed by atoms with E-state index < -0.39 is 23.9 Å². The summed E-state index contributed by atoms with van der Waals surface area (Å²) >= 11 is 0. The average molecular weight is 369 g/mol. The number of carbonyl (C=O) groups excluding carboxylic acids is 3. The number of carboxylic acids is 1. The van der Waals surface area contributed by atoms with Crippen molar-refractivity contribution in [2.45, 2.75) is 12.5 Å². The zero-order valence-electron chi connectivity index (χ0n) is 14.9. The van der Waals surface area contributed by atoms with E-state index >= 15 is 0 Å². The lowest BCUT2D eigenvalue weighted by Gasteiger charge is -2.25. The zero-order chi connectivity index (χ0) is 20.0. The van der Waals surface area contributed by atoms with Gasteiger partial charge in [0, 0.05) is 19.0 Å². The Morgan fingerprint density at radius 3 is 2.48 bits per heavy atom. The van der Waals surface area contributed by atoms with Crippen LogP contribution in [-0.2, 0) is 16.0 Å². The number of nitrogens with zero attached hydrogens (tertiary/aromatic N) is 1. The third kappa shape index (κ3) is 4.58. The van der Waals surface area contributed by atoms with Crippen molar-refractivity contribution in [2.75, 3.05) is 14.2 Å². The summed E-state index contributed by atoms with van der Waals surface area (Å²) in [5.74, 6) is -2.31. The molecule has 0 saturated carbocycles. The van der Waals surface area contributed by atoms with Crippen LogP contribution in [0, 0.1) is 0 Å². The topological polar surface area (TPSA) is 101 Å². The van der Waals surface area contributed by atoms with Crippen molar-refractivity contribution < 1.29 is 29.0 Å². The van der Waals surface area contributed by atoms with Crippen molar-refractivity contribution in [3.63, 3.8) is 0 Å². The first-order chi connectivity index (χ1) is 12.9. The van der Waals surface area contributed by atoms with Gasteiger partial charge in [-0.1, -0.05) is 30.3 Å². The van der Waals surface area contributed by atoms with E-state index in [1.807, 2.05) is 0 Å². The molecule has 1 N–H and O–H groups in total. The Balaban J connectivity index is 2.29. The molecule has 0 radical (unpaired) electrons. The Kier molecular flexibility index (Phi) is 6.43. The summed E-state index contributed by atoms with van der Waals surface area (Å²) in [6.45, 7) is 0. The van der Waals surface area contributed by atoms with Crippen LogP contribution in [0.1, 0.15) is 36.6 Å². The van der Waals surface area contributed by atoms with Gasteiger partial charge in [-0.3, -0.25) is 9.59 Å². The molecule has 7 nitrogen and oxygen atoms in total. The standard InChI is InChI=1S/C20H19NO6/c1-21(18(23)16-9-4-3-7-15(16)12-22)17(19(24)25)11-13-6-5-8-14(10-13)20(26)27-2/h3-10,12,17H,11H2,1-2H3,(H,24,25). The number of esters is 1. The molecule has 0 heterocycles. The Morgan fingerprint density at radius 1 is 1.15 bits per heavy atom. The van der Waals surface area contributed by atoms with Gasteiger partial charge in [-0.15, -0.1) is 0 Å². The van der Waals surface area contributed by atoms with Crippen LogP contribution >= 0.6 is 0 Å². The minimum absolute atomic E-state index is 0.00827. The molecule has 27 heavy (non-hydrogen) atoms. The van der Waals surface area contributed by atoms with Crippen LogP contribution in [0.3, 0.4) is 0 Å². The van der Waals surface area contributed by atoms with Crippen molar-refractivity contribution >= 4 is 24.1 Å². The number of amides is 1. The second-order valence-electron chi connectivity index (χ2n) is 5.87. The Hall–Kier alpha value is -3.48. The van der Waals surface area contributed by atoms with Crippen LogP contribution in [-0.4, -0.2) is 54.3 Å². The van der Waals surface area contributed by atoms with Crippen molar-refractivity contribution in [2.24, 2.45) is 0 Å². The quantitative estimate of drug-likeness (QED) is 0.592. The van der Waals surface area contributed by atoms with E-state index in [2.05, 4.69) is 4.74 Å². The molecule has 1 unspecified atom stereocenters. The monoisotopic (exact) mass is 369 g/mol. The third-order valence-electron chi connectivity index (χ3n) is 4.17. The van der Waals surface area contributed by atoms with E-state index in [4.69, 9.17) is 0 Å². The van der Waals surface area contributed by atoms with Gasteiger partial charge in [-0.05, 0) is 23.8 Å². The summed E-state index contributed by atoms with van der Waals surface area (Å²) in [6, 6.07) is 11.4. The summed E-state index contributed by atoms with van der Waals surface area (Å²) in [6.07, 6.45) is 0.544. The van der Waals surface area contributed by atoms with Gasteiger partial charge in [0.25, 0.3) is 5.91 Å². The predicted octanol–water partition coefficient (Wildman–Crippen LogP) is 2.05. The van der Waals surface area contributed by atoms with Gasteiger partial charge in [-0.2, -0.15) is 0 Å². The number of rotatable bonds is 7. The molecule has 0 aromatic heterocycles. The van der Waals surface area contributed by atoms with E-state index in [1.54, 1.807) is 30.3 Å². The second-order valence-corrected chi connectivity index (χ2v) is 5.87. The van der Waals surface area contributed by atoms with Crippen LogP contribution in [0.15, 0.2) is 48.5 Å². The SMILES string of the molecule is COC(=O)c1cccc(CC(C(=O)O)N(C)C(=O)c2ccccc2C=O)c1. The van der Waals surface area contributed by atoms with E-state index in [-0.39, 0.29) is 17.5 Å². The number of carbonyl (C=O) groups is 4. The molecule has 2 aromatic carbocycles. The van der Waals surface area contributed by atoms with Gasteiger partial charge < -0.3 is 14.7 Å². The molecule has 0 bridgehead atoms. The van der Waals surface area contributed by atoms with Gasteiger partial charge in [0.05, 0.1) is 18.2 Å². The molecule has 1 amide bonds. The van der Waals surface area contributed by atoms with Crippen LogP contribution in [0.4, 0.5) is 0 Å². The maximum Gasteiger partial charge on any atom is 0.337 e. The lowest BCUT2D eigenvalue weighted by molar-refractivity contribution is -0.141. The number of aliphatic carboxylic acids is 1. The summed E-state index contributed by atoms with van der Waals surface area (Å²) in [4.78, 5) is 48.3. The molecule has 1 atom stereocenters. The van der Waals surface area contributed by atoms with E-state index in [9.17, 15) is 24.3 Å². The van der Waals surface area contributed by atoms with Crippen LogP contribution < -0.4 is 0 Å². The molecule has 0 spiro atoms. The highest BCUT2D eigenvalue weighted by molar-refractivity contribution is 6.02. The molecule has 0 saturated heterocycles. The number of ether oxygens (including phenoxy) is 1. The molecule has 2 aromatic rings. The number of likely N-dealkylation sites (N-methyl/N-ethyl adjacent to an activating group) is 1. The lowest BCUT2D eigenvalue weighted by atomic mass is 10.0. The summed E-state index contributed by atoms with van der Waals surface area (Å²) < 4.78 is 4.66. The normalized spacial score (nSPS) is 11.3. The van der Waals surface area contributed by atoms with Crippen molar-refractivity contribution in [1.82, 2.24) is 4.90 Å². The fourth-order valence-corrected chi connectivity index (χ4v) is 2.68. The van der Waals surface area contributed by atoms with E-state index in [0.29, 0.717) is 17.4 Å². The van der Waals surface area contributed by atoms with E-state index in [0.717, 1.165) is 4.90 Å². The van der Waals surface area contributed by atoms with Crippen molar-refractivity contribution in [1.29, 1.82) is 0 Å². The maximum atomic E-state index is 12.7. The Labute approximate surface area is 156 Å². The number of carboxylic acid groups (broad SMARTS) is 1. The largest absolute Gasteiger partial charge is 0.480 e. The first-order valence-electron chi connectivity index (χ1n) is 8.10. The maximum absolute atomic E-state index is 12.7. The molecule has 0 fully saturated rings. The highest BCUT2D eigenvalue weighted by Crippen LogP contribution is 2.16. The summed E-state index contributed by atoms with van der Waals surface area (Å²) in [5, 5.41) is 9.60. The van der Waals surface area contributed by atoms with Crippen LogP contribution in [0.5, 0.6) is 0 Å². The number of aldehydes is 1. The van der Waals surface area contributed by atoms with Gasteiger partial charge in [0.15, 0.2) is 6.29 Å². The summed E-state index contributed by atoms with van der Waals surface area (Å²) in [5.41, 5.74) is 1.17. The molecule has 2 rings (SSSR count). The van der Waals surface area contributed by atoms with E-state index in [1.165, 1.54) is 32.4 Å². The lowest BCUT2D eigenvalue weighted by Crippen LogP contribution is -2.44. The molecular formula is C20H19NO6. The minimum atomic E-state index is -1.20. The zero-order valence-corrected chi connectivity index (χ0v) is 14.9. The number of hydrogen-bond donors (Lipinski definition) is 1. The molecule has 0 aliphatic carbocycles. The number of benzene rings is 2. The fourth-order valence-electron chi connectivity index (χ4n) is 2.68. The third-order valence-corrected chi connectivity index (χ3v) is 4.17.